The summed E-state index contributed by atoms with van der Waals surface area (Å²) in [5, 5.41) is 0.771. The van der Waals surface area contributed by atoms with Gasteiger partial charge in [-0.2, -0.15) is 0 Å². The summed E-state index contributed by atoms with van der Waals surface area (Å²) in [5.41, 5.74) is 9.53. The molecule has 1 unspecified atom stereocenters. The SMILES string of the molecule is CC(C(=O)ON(C(N)=O)[C@H](C)C#Cc1ccc(Cc2ccc(F)cc2)s1)c1ccc(N2Cc3ccccc3C2=O)cc1. The summed E-state index contributed by atoms with van der Waals surface area (Å²) in [7, 11) is 0. The molecule has 212 valence electrons. The van der Waals surface area contributed by atoms with Crippen LogP contribution in [-0.4, -0.2) is 29.0 Å². The maximum absolute atomic E-state index is 13.2. The molecule has 2 N–H and O–H groups in total. The van der Waals surface area contributed by atoms with Gasteiger partial charge in [-0.05, 0) is 73.0 Å². The Morgan fingerprint density at radius 3 is 2.43 bits per heavy atom. The van der Waals surface area contributed by atoms with E-state index in [1.54, 1.807) is 55.1 Å². The number of nitrogens with two attached hydrogens (primary N) is 1. The predicted molar refractivity (Wildman–Crippen MR) is 159 cm³/mol. The number of hydrogen-bond donors (Lipinski definition) is 1. The molecule has 0 bridgehead atoms. The quantitative estimate of drug-likeness (QED) is 0.223. The molecule has 1 aliphatic heterocycles. The molecule has 42 heavy (non-hydrogen) atoms. The van der Waals surface area contributed by atoms with E-state index in [4.69, 9.17) is 10.6 Å². The summed E-state index contributed by atoms with van der Waals surface area (Å²) in [6.45, 7) is 3.76. The number of primary amides is 1. The Kier molecular flexibility index (Phi) is 8.36. The third kappa shape index (κ3) is 6.35. The Hall–Kier alpha value is -4.94. The molecule has 0 fully saturated rings. The molecule has 1 aromatic heterocycles. The zero-order valence-corrected chi connectivity index (χ0v) is 23.9. The van der Waals surface area contributed by atoms with Gasteiger partial charge in [0.2, 0.25) is 0 Å². The normalized spacial score (nSPS) is 13.5. The summed E-state index contributed by atoms with van der Waals surface area (Å²) >= 11 is 1.48. The summed E-state index contributed by atoms with van der Waals surface area (Å²) in [6, 6.07) is 23.0. The molecular weight excluding hydrogens is 553 g/mol. The number of hydroxylamine groups is 2. The van der Waals surface area contributed by atoms with Crippen molar-refractivity contribution in [3.8, 4) is 11.8 Å². The number of urea groups is 1. The van der Waals surface area contributed by atoms with Crippen LogP contribution in [0.4, 0.5) is 14.9 Å². The summed E-state index contributed by atoms with van der Waals surface area (Å²) in [5.74, 6) is 4.21. The van der Waals surface area contributed by atoms with Crippen LogP contribution >= 0.6 is 11.3 Å². The number of amides is 3. The van der Waals surface area contributed by atoms with E-state index in [0.717, 1.165) is 31.6 Å². The lowest BCUT2D eigenvalue weighted by Crippen LogP contribution is -2.43. The van der Waals surface area contributed by atoms with E-state index in [1.165, 1.54) is 23.5 Å². The van der Waals surface area contributed by atoms with Crippen molar-refractivity contribution in [3.63, 3.8) is 0 Å². The van der Waals surface area contributed by atoms with Gasteiger partial charge in [0.25, 0.3) is 5.91 Å². The van der Waals surface area contributed by atoms with Gasteiger partial charge in [-0.15, -0.1) is 16.4 Å². The van der Waals surface area contributed by atoms with E-state index in [9.17, 15) is 18.8 Å². The molecule has 2 heterocycles. The molecule has 0 saturated heterocycles. The predicted octanol–water partition coefficient (Wildman–Crippen LogP) is 6.02. The van der Waals surface area contributed by atoms with Crippen LogP contribution in [0.2, 0.25) is 0 Å². The van der Waals surface area contributed by atoms with E-state index in [1.807, 2.05) is 36.4 Å². The summed E-state index contributed by atoms with van der Waals surface area (Å²) in [6.07, 6.45) is 0.647. The first-order valence-corrected chi connectivity index (χ1v) is 14.2. The van der Waals surface area contributed by atoms with Crippen molar-refractivity contribution in [3.05, 3.63) is 123 Å². The molecule has 5 rings (SSSR count). The maximum Gasteiger partial charge on any atom is 0.349 e. The minimum Gasteiger partial charge on any atom is -0.349 e. The molecule has 9 heteroatoms. The summed E-state index contributed by atoms with van der Waals surface area (Å²) in [4.78, 5) is 46.8. The van der Waals surface area contributed by atoms with E-state index in [-0.39, 0.29) is 11.7 Å². The number of carbonyl (C=O) groups excluding carboxylic acids is 3. The van der Waals surface area contributed by atoms with Crippen LogP contribution in [-0.2, 0) is 22.6 Å². The van der Waals surface area contributed by atoms with Gasteiger partial charge in [0, 0.05) is 22.5 Å². The molecule has 1 aliphatic rings. The van der Waals surface area contributed by atoms with Gasteiger partial charge in [-0.1, -0.05) is 54.3 Å². The van der Waals surface area contributed by atoms with Crippen molar-refractivity contribution in [2.24, 2.45) is 5.73 Å². The molecule has 0 aliphatic carbocycles. The van der Waals surface area contributed by atoms with Gasteiger partial charge in [-0.25, -0.2) is 14.0 Å². The largest absolute Gasteiger partial charge is 0.349 e. The second-order valence-electron chi connectivity index (χ2n) is 9.95. The standard InChI is InChI=1S/C33H28FN3O4S/c1-21(7-16-28-17-18-29(42-28)19-23-8-12-26(34)13-9-23)37(33(35)40)41-32(39)22(2)24-10-14-27(15-11-24)36-20-25-5-3-4-6-30(25)31(36)38/h3-6,8-15,17-18,21-22H,19-20H2,1-2H3,(H2,35,40)/t21-,22?/m1/s1. The molecule has 3 aromatic carbocycles. The van der Waals surface area contributed by atoms with Gasteiger partial charge in [0.15, 0.2) is 0 Å². The number of halogens is 1. The fourth-order valence-electron chi connectivity index (χ4n) is 4.61. The second kappa shape index (κ2) is 12.3. The Labute approximate surface area is 247 Å². The third-order valence-corrected chi connectivity index (χ3v) is 8.00. The zero-order chi connectivity index (χ0) is 29.8. The van der Waals surface area contributed by atoms with Crippen LogP contribution in [0.25, 0.3) is 0 Å². The Bertz CT molecular complexity index is 1690. The average molecular weight is 582 g/mol. The van der Waals surface area contributed by atoms with E-state index < -0.39 is 24.0 Å². The Morgan fingerprint density at radius 1 is 1.02 bits per heavy atom. The Balaban J connectivity index is 1.20. The molecule has 0 spiro atoms. The van der Waals surface area contributed by atoms with E-state index in [2.05, 4.69) is 11.8 Å². The zero-order valence-electron chi connectivity index (χ0n) is 23.0. The van der Waals surface area contributed by atoms with E-state index >= 15 is 0 Å². The first-order valence-electron chi connectivity index (χ1n) is 13.3. The highest BCUT2D eigenvalue weighted by molar-refractivity contribution is 7.12. The highest BCUT2D eigenvalue weighted by atomic mass is 32.1. The molecule has 2 atom stereocenters. The third-order valence-electron chi connectivity index (χ3n) is 6.99. The number of hydrogen-bond acceptors (Lipinski definition) is 5. The van der Waals surface area contributed by atoms with Gasteiger partial charge in [0.05, 0.1) is 17.3 Å². The van der Waals surface area contributed by atoms with Crippen molar-refractivity contribution in [2.75, 3.05) is 4.90 Å². The number of rotatable bonds is 6. The minimum absolute atomic E-state index is 0.0651. The van der Waals surface area contributed by atoms with Crippen LogP contribution in [0.5, 0.6) is 0 Å². The number of nitrogens with zero attached hydrogens (tertiary/aromatic N) is 2. The maximum atomic E-state index is 13.2. The smallest absolute Gasteiger partial charge is 0.349 e. The van der Waals surface area contributed by atoms with Crippen molar-refractivity contribution < 1.29 is 23.6 Å². The number of thiophene rings is 1. The second-order valence-corrected chi connectivity index (χ2v) is 11.1. The van der Waals surface area contributed by atoms with Crippen molar-refractivity contribution >= 4 is 34.9 Å². The van der Waals surface area contributed by atoms with Crippen LogP contribution in [0.3, 0.4) is 0 Å². The van der Waals surface area contributed by atoms with Gasteiger partial charge < -0.3 is 15.5 Å². The monoisotopic (exact) mass is 581 g/mol. The molecule has 3 amide bonds. The van der Waals surface area contributed by atoms with Crippen molar-refractivity contribution in [2.45, 2.75) is 38.8 Å². The fraction of sp³-hybridized carbons (Fsp3) is 0.182. The molecular formula is C33H28FN3O4S. The van der Waals surface area contributed by atoms with Gasteiger partial charge in [-0.3, -0.25) is 4.79 Å². The number of benzene rings is 3. The van der Waals surface area contributed by atoms with Crippen LogP contribution in [0.1, 0.15) is 56.6 Å². The molecule has 4 aromatic rings. The average Bonchev–Trinajstić information content (AvgIpc) is 3.59. The minimum atomic E-state index is -0.942. The fourth-order valence-corrected chi connectivity index (χ4v) is 5.51. The van der Waals surface area contributed by atoms with Crippen molar-refractivity contribution in [1.29, 1.82) is 0 Å². The lowest BCUT2D eigenvalue weighted by molar-refractivity contribution is -0.181. The number of carbonyl (C=O) groups is 3. The van der Waals surface area contributed by atoms with Crippen LogP contribution in [0.15, 0.2) is 84.9 Å². The first-order chi connectivity index (χ1) is 20.2. The highest BCUT2D eigenvalue weighted by Crippen LogP contribution is 2.29. The van der Waals surface area contributed by atoms with E-state index in [0.29, 0.717) is 24.1 Å². The molecule has 7 nitrogen and oxygen atoms in total. The van der Waals surface area contributed by atoms with Gasteiger partial charge >= 0.3 is 12.0 Å². The van der Waals surface area contributed by atoms with Crippen LogP contribution < -0.4 is 10.6 Å². The summed E-state index contributed by atoms with van der Waals surface area (Å²) < 4.78 is 13.2. The van der Waals surface area contributed by atoms with Crippen LogP contribution in [0, 0.1) is 17.7 Å². The number of fused-ring (bicyclic) bond motifs is 1. The molecule has 0 radical (unpaired) electrons. The number of anilines is 1. The highest BCUT2D eigenvalue weighted by Gasteiger charge is 2.29. The lowest BCUT2D eigenvalue weighted by atomic mass is 10.0. The first kappa shape index (κ1) is 28.6. The van der Waals surface area contributed by atoms with Crippen molar-refractivity contribution in [1.82, 2.24) is 5.06 Å². The van der Waals surface area contributed by atoms with Gasteiger partial charge in [0.1, 0.15) is 11.9 Å². The Morgan fingerprint density at radius 2 is 1.74 bits per heavy atom. The lowest BCUT2D eigenvalue weighted by Gasteiger charge is -2.24. The molecule has 0 saturated carbocycles. The topological polar surface area (TPSA) is 92.9 Å².